The molecule has 1 unspecified atom stereocenters. The average Bonchev–Trinajstić information content (AvgIpc) is 2.46. The Kier molecular flexibility index (Phi) is 3.97. The number of nitro benzene ring substituents is 1. The minimum atomic E-state index is -0.432. The predicted octanol–water partition coefficient (Wildman–Crippen LogP) is 1.68. The van der Waals surface area contributed by atoms with Crippen LogP contribution in [0, 0.1) is 27.4 Å². The maximum Gasteiger partial charge on any atom is 0.292 e. The Bertz CT molecular complexity index is 524. The van der Waals surface area contributed by atoms with Crippen LogP contribution in [0.25, 0.3) is 0 Å². The minimum Gasteiger partial charge on any atom is -0.396 e. The van der Waals surface area contributed by atoms with E-state index in [0.29, 0.717) is 24.3 Å². The van der Waals surface area contributed by atoms with Crippen LogP contribution in [-0.2, 0) is 0 Å². The number of nitriles is 1. The number of hydrogen-bond acceptors (Lipinski definition) is 5. The third-order valence-corrected chi connectivity index (χ3v) is 3.42. The first kappa shape index (κ1) is 13.3. The average molecular weight is 261 g/mol. The lowest BCUT2D eigenvalue weighted by molar-refractivity contribution is -0.384. The van der Waals surface area contributed by atoms with Crippen molar-refractivity contribution < 1.29 is 10.0 Å². The molecule has 2 rings (SSSR count). The Balaban J connectivity index is 2.36. The smallest absolute Gasteiger partial charge is 0.292 e. The molecular formula is C13H15N3O3. The molecule has 6 nitrogen and oxygen atoms in total. The van der Waals surface area contributed by atoms with Crippen molar-refractivity contribution in [2.75, 3.05) is 24.6 Å². The van der Waals surface area contributed by atoms with Gasteiger partial charge < -0.3 is 10.0 Å². The molecule has 0 aromatic heterocycles. The molecule has 1 aliphatic heterocycles. The van der Waals surface area contributed by atoms with Crippen LogP contribution < -0.4 is 4.90 Å². The zero-order valence-electron chi connectivity index (χ0n) is 10.5. The van der Waals surface area contributed by atoms with Crippen LogP contribution in [0.5, 0.6) is 0 Å². The fourth-order valence-corrected chi connectivity index (χ4v) is 2.43. The summed E-state index contributed by atoms with van der Waals surface area (Å²) in [5.41, 5.74) is 0.895. The molecule has 0 radical (unpaired) electrons. The molecule has 0 spiro atoms. The van der Waals surface area contributed by atoms with Crippen molar-refractivity contribution in [2.24, 2.45) is 5.92 Å². The van der Waals surface area contributed by atoms with Gasteiger partial charge in [-0.1, -0.05) is 0 Å². The van der Waals surface area contributed by atoms with Gasteiger partial charge in [-0.2, -0.15) is 5.26 Å². The Labute approximate surface area is 111 Å². The van der Waals surface area contributed by atoms with Crippen molar-refractivity contribution in [3.05, 3.63) is 33.9 Å². The molecule has 1 atom stereocenters. The standard InChI is InChI=1S/C13H15N3O3/c14-7-10-3-4-12(16(18)19)13(6-10)15-5-1-2-11(8-15)9-17/h3-4,6,11,17H,1-2,5,8-9H2. The van der Waals surface area contributed by atoms with Gasteiger partial charge in [0.25, 0.3) is 5.69 Å². The van der Waals surface area contributed by atoms with E-state index in [2.05, 4.69) is 0 Å². The second-order valence-electron chi connectivity index (χ2n) is 4.71. The summed E-state index contributed by atoms with van der Waals surface area (Å²) in [6.45, 7) is 1.39. The molecule has 1 fully saturated rings. The van der Waals surface area contributed by atoms with E-state index in [9.17, 15) is 15.2 Å². The lowest BCUT2D eigenvalue weighted by Gasteiger charge is -2.33. The molecule has 19 heavy (non-hydrogen) atoms. The first-order valence-electron chi connectivity index (χ1n) is 6.20. The summed E-state index contributed by atoms with van der Waals surface area (Å²) >= 11 is 0. The Morgan fingerprint density at radius 2 is 2.37 bits per heavy atom. The van der Waals surface area contributed by atoms with Crippen LogP contribution in [0.1, 0.15) is 18.4 Å². The van der Waals surface area contributed by atoms with E-state index in [1.807, 2.05) is 11.0 Å². The van der Waals surface area contributed by atoms with E-state index in [1.54, 1.807) is 6.07 Å². The zero-order chi connectivity index (χ0) is 13.8. The van der Waals surface area contributed by atoms with Crippen LogP contribution >= 0.6 is 0 Å². The highest BCUT2D eigenvalue weighted by Gasteiger charge is 2.25. The lowest BCUT2D eigenvalue weighted by atomic mass is 9.98. The monoisotopic (exact) mass is 261 g/mol. The maximum atomic E-state index is 11.1. The summed E-state index contributed by atoms with van der Waals surface area (Å²) in [5, 5.41) is 29.2. The van der Waals surface area contributed by atoms with Gasteiger partial charge in [-0.25, -0.2) is 0 Å². The zero-order valence-corrected chi connectivity index (χ0v) is 10.5. The summed E-state index contributed by atoms with van der Waals surface area (Å²) in [4.78, 5) is 12.5. The minimum absolute atomic E-state index is 0.0117. The summed E-state index contributed by atoms with van der Waals surface area (Å²) in [5.74, 6) is 0.138. The SMILES string of the molecule is N#Cc1ccc([N+](=O)[O-])c(N2CCCC(CO)C2)c1. The van der Waals surface area contributed by atoms with Gasteiger partial charge in [0.2, 0.25) is 0 Å². The highest BCUT2D eigenvalue weighted by atomic mass is 16.6. The normalized spacial score (nSPS) is 18.9. The highest BCUT2D eigenvalue weighted by molar-refractivity contribution is 5.66. The Hall–Kier alpha value is -2.13. The first-order valence-corrected chi connectivity index (χ1v) is 6.20. The molecule has 1 saturated heterocycles. The lowest BCUT2D eigenvalue weighted by Crippen LogP contribution is -2.37. The summed E-state index contributed by atoms with van der Waals surface area (Å²) < 4.78 is 0. The van der Waals surface area contributed by atoms with E-state index in [-0.39, 0.29) is 18.2 Å². The van der Waals surface area contributed by atoms with Gasteiger partial charge >= 0.3 is 0 Å². The highest BCUT2D eigenvalue weighted by Crippen LogP contribution is 2.32. The molecular weight excluding hydrogens is 246 g/mol. The van der Waals surface area contributed by atoms with Crippen molar-refractivity contribution >= 4 is 11.4 Å². The fraction of sp³-hybridized carbons (Fsp3) is 0.462. The Morgan fingerprint density at radius 3 is 3.00 bits per heavy atom. The quantitative estimate of drug-likeness (QED) is 0.660. The number of benzene rings is 1. The number of nitro groups is 1. The van der Waals surface area contributed by atoms with E-state index in [4.69, 9.17) is 5.26 Å². The summed E-state index contributed by atoms with van der Waals surface area (Å²) in [7, 11) is 0. The summed E-state index contributed by atoms with van der Waals surface area (Å²) in [6, 6.07) is 6.38. The number of rotatable bonds is 3. The van der Waals surface area contributed by atoms with Crippen LogP contribution in [0.3, 0.4) is 0 Å². The molecule has 0 aliphatic carbocycles. The fourth-order valence-electron chi connectivity index (χ4n) is 2.43. The number of anilines is 1. The van der Waals surface area contributed by atoms with Crippen LogP contribution in [-0.4, -0.2) is 29.7 Å². The third-order valence-electron chi connectivity index (χ3n) is 3.42. The number of aliphatic hydroxyl groups is 1. The van der Waals surface area contributed by atoms with Gasteiger partial charge in [-0.15, -0.1) is 0 Å². The molecule has 6 heteroatoms. The topological polar surface area (TPSA) is 90.4 Å². The first-order chi connectivity index (χ1) is 9.15. The van der Waals surface area contributed by atoms with Crippen molar-refractivity contribution in [1.82, 2.24) is 0 Å². The Morgan fingerprint density at radius 1 is 1.58 bits per heavy atom. The molecule has 0 bridgehead atoms. The van der Waals surface area contributed by atoms with E-state index >= 15 is 0 Å². The van der Waals surface area contributed by atoms with Crippen LogP contribution in [0.2, 0.25) is 0 Å². The molecule has 1 aromatic rings. The van der Waals surface area contributed by atoms with Gasteiger partial charge in [0.05, 0.1) is 16.6 Å². The summed E-state index contributed by atoms with van der Waals surface area (Å²) in [6.07, 6.45) is 1.82. The molecule has 0 saturated carbocycles. The van der Waals surface area contributed by atoms with Gasteiger partial charge in [0.15, 0.2) is 0 Å². The number of aliphatic hydroxyl groups excluding tert-OH is 1. The van der Waals surface area contributed by atoms with Gasteiger partial charge in [-0.05, 0) is 30.9 Å². The molecule has 1 aliphatic rings. The maximum absolute atomic E-state index is 11.1. The second-order valence-corrected chi connectivity index (χ2v) is 4.71. The number of piperidine rings is 1. The van der Waals surface area contributed by atoms with Crippen molar-refractivity contribution in [3.8, 4) is 6.07 Å². The molecule has 0 amide bonds. The molecule has 1 heterocycles. The number of hydrogen-bond donors (Lipinski definition) is 1. The van der Waals surface area contributed by atoms with E-state index in [0.717, 1.165) is 12.8 Å². The van der Waals surface area contributed by atoms with Crippen molar-refractivity contribution in [2.45, 2.75) is 12.8 Å². The molecule has 100 valence electrons. The van der Waals surface area contributed by atoms with Crippen LogP contribution in [0.4, 0.5) is 11.4 Å². The van der Waals surface area contributed by atoms with Crippen molar-refractivity contribution in [3.63, 3.8) is 0 Å². The third kappa shape index (κ3) is 2.83. The van der Waals surface area contributed by atoms with E-state index in [1.165, 1.54) is 12.1 Å². The van der Waals surface area contributed by atoms with Gasteiger partial charge in [0, 0.05) is 25.8 Å². The van der Waals surface area contributed by atoms with Crippen LogP contribution in [0.15, 0.2) is 18.2 Å². The van der Waals surface area contributed by atoms with E-state index < -0.39 is 4.92 Å². The molecule has 1 N–H and O–H groups in total. The predicted molar refractivity (Wildman–Crippen MR) is 69.8 cm³/mol. The second kappa shape index (κ2) is 5.67. The van der Waals surface area contributed by atoms with Gasteiger partial charge in [-0.3, -0.25) is 10.1 Å². The van der Waals surface area contributed by atoms with Gasteiger partial charge in [0.1, 0.15) is 5.69 Å². The van der Waals surface area contributed by atoms with Crippen molar-refractivity contribution in [1.29, 1.82) is 5.26 Å². The largest absolute Gasteiger partial charge is 0.396 e. The molecule has 1 aromatic carbocycles. The number of nitrogens with zero attached hydrogens (tertiary/aromatic N) is 3.